The van der Waals surface area contributed by atoms with E-state index < -0.39 is 0 Å². The smallest absolute Gasteiger partial charge is 0.0345 e. The monoisotopic (exact) mass is 233 g/mol. The van der Waals surface area contributed by atoms with Crippen LogP contribution in [0, 0.1) is 0 Å². The molecule has 0 radical (unpaired) electrons. The molecule has 0 atom stereocenters. The number of benzene rings is 1. The Hall–Kier alpha value is -0.860. The van der Waals surface area contributed by atoms with Crippen molar-refractivity contribution in [3.8, 4) is 0 Å². The predicted octanol–water partition coefficient (Wildman–Crippen LogP) is 3.78. The summed E-state index contributed by atoms with van der Waals surface area (Å²) >= 11 is 1.86. The van der Waals surface area contributed by atoms with Crippen LogP contribution in [0.15, 0.2) is 29.6 Å². The predicted molar refractivity (Wildman–Crippen MR) is 73.3 cm³/mol. The maximum Gasteiger partial charge on any atom is 0.0345 e. The summed E-state index contributed by atoms with van der Waals surface area (Å²) in [6, 6.07) is 9.31. The van der Waals surface area contributed by atoms with E-state index in [1.54, 1.807) is 0 Å². The third-order valence-electron chi connectivity index (χ3n) is 3.18. The molecule has 0 amide bonds. The molecule has 0 spiro atoms. The fourth-order valence-electron chi connectivity index (χ4n) is 1.78. The molecule has 1 aromatic carbocycles. The van der Waals surface area contributed by atoms with Crippen molar-refractivity contribution >= 4 is 21.4 Å². The van der Waals surface area contributed by atoms with Crippen LogP contribution < -0.4 is 0 Å². The Morgan fingerprint density at radius 1 is 1.25 bits per heavy atom. The summed E-state index contributed by atoms with van der Waals surface area (Å²) in [6.45, 7) is 5.62. The zero-order chi connectivity index (χ0) is 11.5. The van der Waals surface area contributed by atoms with Crippen molar-refractivity contribution in [2.24, 2.45) is 0 Å². The average molecular weight is 233 g/mol. The van der Waals surface area contributed by atoms with Crippen LogP contribution in [0.3, 0.4) is 0 Å². The van der Waals surface area contributed by atoms with Crippen LogP contribution in [0.5, 0.6) is 0 Å². The average Bonchev–Trinajstić information content (AvgIpc) is 2.69. The highest BCUT2D eigenvalue weighted by Crippen LogP contribution is 2.25. The molecule has 1 aromatic heterocycles. The van der Waals surface area contributed by atoms with Crippen molar-refractivity contribution in [3.05, 3.63) is 35.2 Å². The van der Waals surface area contributed by atoms with E-state index in [1.807, 2.05) is 11.3 Å². The van der Waals surface area contributed by atoms with Crippen LogP contribution in [-0.2, 0) is 6.42 Å². The molecule has 0 bridgehead atoms. The third kappa shape index (κ3) is 2.45. The van der Waals surface area contributed by atoms with Crippen molar-refractivity contribution < 1.29 is 0 Å². The third-order valence-corrected chi connectivity index (χ3v) is 4.19. The summed E-state index contributed by atoms with van der Waals surface area (Å²) in [5, 5.41) is 3.74. The molecule has 0 aliphatic rings. The molecule has 16 heavy (non-hydrogen) atoms. The normalized spacial score (nSPS) is 11.8. The number of thiophene rings is 1. The fraction of sp³-hybridized carbons (Fsp3) is 0.429. The maximum absolute atomic E-state index is 2.40. The van der Waals surface area contributed by atoms with E-state index in [9.17, 15) is 0 Å². The second-order valence-electron chi connectivity index (χ2n) is 4.58. The lowest BCUT2D eigenvalue weighted by Crippen LogP contribution is -2.28. The summed E-state index contributed by atoms with van der Waals surface area (Å²) in [5.41, 5.74) is 1.49. The Kier molecular flexibility index (Phi) is 3.62. The Morgan fingerprint density at radius 3 is 2.75 bits per heavy atom. The molecule has 2 heteroatoms. The van der Waals surface area contributed by atoms with Gasteiger partial charge in [-0.1, -0.05) is 18.2 Å². The molecule has 0 saturated carbocycles. The van der Waals surface area contributed by atoms with Gasteiger partial charge in [0.1, 0.15) is 0 Å². The number of hydrogen-bond acceptors (Lipinski definition) is 2. The van der Waals surface area contributed by atoms with Gasteiger partial charge < -0.3 is 4.90 Å². The first-order chi connectivity index (χ1) is 7.68. The molecule has 0 N–H and O–H groups in total. The number of hydrogen-bond donors (Lipinski definition) is 0. The Labute approximate surface area is 102 Å². The first-order valence-corrected chi connectivity index (χ1v) is 6.72. The lowest BCUT2D eigenvalue weighted by molar-refractivity contribution is 0.278. The lowest BCUT2D eigenvalue weighted by Gasteiger charge is -2.20. The SMILES string of the molecule is CC(C)N(C)CCc1csc2ccccc12. The second-order valence-corrected chi connectivity index (χ2v) is 5.49. The zero-order valence-electron chi connectivity index (χ0n) is 10.2. The van der Waals surface area contributed by atoms with E-state index in [-0.39, 0.29) is 0 Å². The Bertz CT molecular complexity index is 458. The van der Waals surface area contributed by atoms with Gasteiger partial charge in [-0.3, -0.25) is 0 Å². The van der Waals surface area contributed by atoms with Crippen LogP contribution in [0.1, 0.15) is 19.4 Å². The van der Waals surface area contributed by atoms with Gasteiger partial charge in [-0.05, 0) is 49.7 Å². The molecule has 2 aromatic rings. The van der Waals surface area contributed by atoms with Gasteiger partial charge in [0.15, 0.2) is 0 Å². The van der Waals surface area contributed by atoms with Crippen LogP contribution >= 0.6 is 11.3 Å². The topological polar surface area (TPSA) is 3.24 Å². The summed E-state index contributed by atoms with van der Waals surface area (Å²) in [4.78, 5) is 2.40. The number of nitrogens with zero attached hydrogens (tertiary/aromatic N) is 1. The Balaban J connectivity index is 2.10. The molecule has 0 unspecified atom stereocenters. The van der Waals surface area contributed by atoms with E-state index in [0.717, 1.165) is 13.0 Å². The number of rotatable bonds is 4. The van der Waals surface area contributed by atoms with E-state index >= 15 is 0 Å². The van der Waals surface area contributed by atoms with Crippen molar-refractivity contribution in [2.45, 2.75) is 26.3 Å². The molecule has 0 aliphatic carbocycles. The van der Waals surface area contributed by atoms with Crippen LogP contribution in [0.2, 0.25) is 0 Å². The van der Waals surface area contributed by atoms with Gasteiger partial charge in [0, 0.05) is 17.3 Å². The van der Waals surface area contributed by atoms with Gasteiger partial charge in [0.25, 0.3) is 0 Å². The lowest BCUT2D eigenvalue weighted by atomic mass is 10.1. The summed E-state index contributed by atoms with van der Waals surface area (Å²) in [5.74, 6) is 0. The highest BCUT2D eigenvalue weighted by molar-refractivity contribution is 7.17. The quantitative estimate of drug-likeness (QED) is 0.776. The second kappa shape index (κ2) is 4.98. The molecule has 0 aliphatic heterocycles. The largest absolute Gasteiger partial charge is 0.304 e. The van der Waals surface area contributed by atoms with Crippen molar-refractivity contribution in [1.29, 1.82) is 0 Å². The van der Waals surface area contributed by atoms with Gasteiger partial charge in [0.2, 0.25) is 0 Å². The fourth-order valence-corrected chi connectivity index (χ4v) is 2.78. The van der Waals surface area contributed by atoms with Crippen LogP contribution in [0.25, 0.3) is 10.1 Å². The minimum Gasteiger partial charge on any atom is -0.304 e. The van der Waals surface area contributed by atoms with E-state index in [4.69, 9.17) is 0 Å². The standard InChI is InChI=1S/C14H19NS/c1-11(2)15(3)9-8-12-10-16-14-7-5-4-6-13(12)14/h4-7,10-11H,8-9H2,1-3H3. The van der Waals surface area contributed by atoms with Gasteiger partial charge in [-0.25, -0.2) is 0 Å². The molecule has 2 rings (SSSR count). The van der Waals surface area contributed by atoms with Crippen molar-refractivity contribution in [1.82, 2.24) is 4.90 Å². The minimum atomic E-state index is 0.630. The van der Waals surface area contributed by atoms with E-state index in [1.165, 1.54) is 15.6 Å². The highest BCUT2D eigenvalue weighted by Gasteiger charge is 2.06. The summed E-state index contributed by atoms with van der Waals surface area (Å²) < 4.78 is 1.41. The maximum atomic E-state index is 2.40. The van der Waals surface area contributed by atoms with Gasteiger partial charge in [0.05, 0.1) is 0 Å². The molecule has 86 valence electrons. The van der Waals surface area contributed by atoms with Crippen molar-refractivity contribution in [2.75, 3.05) is 13.6 Å². The van der Waals surface area contributed by atoms with Crippen molar-refractivity contribution in [3.63, 3.8) is 0 Å². The van der Waals surface area contributed by atoms with Crippen LogP contribution in [0.4, 0.5) is 0 Å². The number of likely N-dealkylation sites (N-methyl/N-ethyl adjacent to an activating group) is 1. The van der Waals surface area contributed by atoms with Crippen LogP contribution in [-0.4, -0.2) is 24.5 Å². The van der Waals surface area contributed by atoms with Gasteiger partial charge in [-0.2, -0.15) is 0 Å². The van der Waals surface area contributed by atoms with Gasteiger partial charge in [-0.15, -0.1) is 11.3 Å². The molecular formula is C14H19NS. The molecule has 1 nitrogen and oxygen atoms in total. The summed E-state index contributed by atoms with van der Waals surface area (Å²) in [7, 11) is 2.19. The molecule has 1 heterocycles. The van der Waals surface area contributed by atoms with E-state index in [2.05, 4.69) is 55.4 Å². The zero-order valence-corrected chi connectivity index (χ0v) is 11.1. The highest BCUT2D eigenvalue weighted by atomic mass is 32.1. The first kappa shape index (κ1) is 11.6. The minimum absolute atomic E-state index is 0.630. The molecule has 0 saturated heterocycles. The van der Waals surface area contributed by atoms with Gasteiger partial charge >= 0.3 is 0 Å². The molecular weight excluding hydrogens is 214 g/mol. The van der Waals surface area contributed by atoms with E-state index in [0.29, 0.717) is 6.04 Å². The Morgan fingerprint density at radius 2 is 2.00 bits per heavy atom. The molecule has 0 fully saturated rings. The first-order valence-electron chi connectivity index (χ1n) is 5.84. The summed E-state index contributed by atoms with van der Waals surface area (Å²) in [6.07, 6.45) is 1.15. The number of fused-ring (bicyclic) bond motifs is 1.